The third kappa shape index (κ3) is 5.78. The van der Waals surface area contributed by atoms with E-state index in [1.807, 2.05) is 6.92 Å². The number of carbonyl (C=O) groups excluding carboxylic acids is 1. The van der Waals surface area contributed by atoms with Crippen LogP contribution in [0.15, 0.2) is 52.5 Å². The van der Waals surface area contributed by atoms with Gasteiger partial charge in [-0.05, 0) is 62.4 Å². The summed E-state index contributed by atoms with van der Waals surface area (Å²) in [4.78, 5) is 12.0. The van der Waals surface area contributed by atoms with Crippen LogP contribution in [0.2, 0.25) is 5.02 Å². The summed E-state index contributed by atoms with van der Waals surface area (Å²) in [6.45, 7) is 3.34. The predicted molar refractivity (Wildman–Crippen MR) is 105 cm³/mol. The van der Waals surface area contributed by atoms with Crippen LogP contribution in [0.1, 0.15) is 18.1 Å². The van der Waals surface area contributed by atoms with Gasteiger partial charge in [0.05, 0.1) is 10.6 Å². The van der Waals surface area contributed by atoms with Gasteiger partial charge in [0.2, 0.25) is 10.0 Å². The van der Waals surface area contributed by atoms with Crippen LogP contribution in [0.25, 0.3) is 0 Å². The van der Waals surface area contributed by atoms with E-state index in [0.29, 0.717) is 22.0 Å². The number of rotatable bonds is 7. The number of aryl methyl sites for hydroxylation is 1. The number of hydrogen-bond acceptors (Lipinski definition) is 5. The SMILES string of the molecule is CNS(=O)(=O)c1ccc(/C(C)=N\NC(=O)COc2ccc(Cl)cc2C)cc1. The molecule has 2 aromatic rings. The molecule has 144 valence electrons. The van der Waals surface area contributed by atoms with Gasteiger partial charge in [0.25, 0.3) is 5.91 Å². The molecule has 0 aromatic heterocycles. The lowest BCUT2D eigenvalue weighted by atomic mass is 10.1. The Hall–Kier alpha value is -2.42. The Labute approximate surface area is 163 Å². The lowest BCUT2D eigenvalue weighted by Crippen LogP contribution is -2.25. The normalized spacial score (nSPS) is 11.9. The van der Waals surface area contributed by atoms with Crippen LogP contribution in [0, 0.1) is 6.92 Å². The van der Waals surface area contributed by atoms with Gasteiger partial charge in [0, 0.05) is 5.02 Å². The predicted octanol–water partition coefficient (Wildman–Crippen LogP) is 2.48. The van der Waals surface area contributed by atoms with Gasteiger partial charge in [-0.3, -0.25) is 4.79 Å². The molecule has 0 saturated heterocycles. The first-order chi connectivity index (χ1) is 12.7. The first-order valence-corrected chi connectivity index (χ1v) is 9.85. The molecule has 2 rings (SSSR count). The molecule has 0 fully saturated rings. The molecule has 0 radical (unpaired) electrons. The molecule has 0 spiro atoms. The standard InChI is InChI=1S/C18H20ClN3O4S/c1-12-10-15(19)6-9-17(12)26-11-18(23)22-21-13(2)14-4-7-16(8-5-14)27(24,25)20-3/h4-10,20H,11H2,1-3H3,(H,22,23)/b21-13-. The van der Waals surface area contributed by atoms with Crippen molar-refractivity contribution in [1.29, 1.82) is 0 Å². The van der Waals surface area contributed by atoms with E-state index >= 15 is 0 Å². The number of halogens is 1. The fourth-order valence-electron chi connectivity index (χ4n) is 2.15. The third-order valence-corrected chi connectivity index (χ3v) is 5.36. The fraction of sp³-hybridized carbons (Fsp3) is 0.222. The number of sulfonamides is 1. The lowest BCUT2D eigenvalue weighted by molar-refractivity contribution is -0.123. The van der Waals surface area contributed by atoms with Gasteiger partial charge >= 0.3 is 0 Å². The van der Waals surface area contributed by atoms with Crippen molar-refractivity contribution < 1.29 is 17.9 Å². The van der Waals surface area contributed by atoms with Gasteiger partial charge in [-0.25, -0.2) is 18.6 Å². The van der Waals surface area contributed by atoms with E-state index in [2.05, 4.69) is 15.2 Å². The van der Waals surface area contributed by atoms with Crippen LogP contribution in [-0.2, 0) is 14.8 Å². The summed E-state index contributed by atoms with van der Waals surface area (Å²) in [5.74, 6) is 0.148. The van der Waals surface area contributed by atoms with E-state index in [1.165, 1.54) is 19.2 Å². The van der Waals surface area contributed by atoms with Crippen LogP contribution in [-0.4, -0.2) is 33.7 Å². The Balaban J connectivity index is 1.95. The topological polar surface area (TPSA) is 96.9 Å². The van der Waals surface area contributed by atoms with Gasteiger partial charge in [-0.2, -0.15) is 5.10 Å². The Kier molecular flexibility index (Phi) is 6.95. The molecule has 2 N–H and O–H groups in total. The number of nitrogens with one attached hydrogen (secondary N) is 2. The van der Waals surface area contributed by atoms with Crippen LogP contribution in [0.5, 0.6) is 5.75 Å². The Morgan fingerprint density at radius 2 is 1.85 bits per heavy atom. The van der Waals surface area contributed by atoms with Gasteiger partial charge in [-0.1, -0.05) is 23.7 Å². The van der Waals surface area contributed by atoms with Gasteiger partial charge in [0.1, 0.15) is 5.75 Å². The van der Waals surface area contributed by atoms with Gasteiger partial charge in [0.15, 0.2) is 6.61 Å². The van der Waals surface area contributed by atoms with Gasteiger partial charge in [-0.15, -0.1) is 0 Å². The molecule has 7 nitrogen and oxygen atoms in total. The van der Waals surface area contributed by atoms with E-state index in [4.69, 9.17) is 16.3 Å². The van der Waals surface area contributed by atoms with Crippen molar-refractivity contribution in [3.63, 3.8) is 0 Å². The minimum Gasteiger partial charge on any atom is -0.483 e. The zero-order chi connectivity index (χ0) is 20.0. The van der Waals surface area contributed by atoms with Crippen LogP contribution in [0.4, 0.5) is 0 Å². The second-order valence-electron chi connectivity index (χ2n) is 5.66. The minimum atomic E-state index is -3.49. The average Bonchev–Trinajstić information content (AvgIpc) is 2.65. The van der Waals surface area contributed by atoms with E-state index in [0.717, 1.165) is 5.56 Å². The maximum atomic E-state index is 11.9. The van der Waals surface area contributed by atoms with Gasteiger partial charge < -0.3 is 4.74 Å². The van der Waals surface area contributed by atoms with Crippen LogP contribution < -0.4 is 14.9 Å². The largest absolute Gasteiger partial charge is 0.483 e. The molecule has 0 aliphatic rings. The maximum absolute atomic E-state index is 11.9. The molecular weight excluding hydrogens is 390 g/mol. The number of benzene rings is 2. The number of amides is 1. The molecule has 0 heterocycles. The molecule has 9 heteroatoms. The molecule has 1 amide bonds. The Bertz CT molecular complexity index is 957. The fourth-order valence-corrected chi connectivity index (χ4v) is 3.11. The van der Waals surface area contributed by atoms with Crippen molar-refractivity contribution in [1.82, 2.24) is 10.1 Å². The first kappa shape index (κ1) is 20.9. The second kappa shape index (κ2) is 8.98. The van der Waals surface area contributed by atoms with Crippen molar-refractivity contribution in [2.75, 3.05) is 13.7 Å². The van der Waals surface area contributed by atoms with Crippen molar-refractivity contribution in [3.8, 4) is 5.75 Å². The summed E-state index contributed by atoms with van der Waals surface area (Å²) in [5.41, 5.74) is 4.44. The minimum absolute atomic E-state index is 0.150. The third-order valence-electron chi connectivity index (χ3n) is 3.70. The second-order valence-corrected chi connectivity index (χ2v) is 7.99. The molecule has 0 unspecified atom stereocenters. The summed E-state index contributed by atoms with van der Waals surface area (Å²) < 4.78 is 31.1. The van der Waals surface area contributed by atoms with Crippen molar-refractivity contribution >= 4 is 33.2 Å². The number of nitrogens with zero attached hydrogens (tertiary/aromatic N) is 1. The zero-order valence-electron chi connectivity index (χ0n) is 15.1. The van der Waals surface area contributed by atoms with E-state index in [1.54, 1.807) is 37.3 Å². The number of carbonyl (C=O) groups is 1. The highest BCUT2D eigenvalue weighted by atomic mass is 35.5. The van der Waals surface area contributed by atoms with Crippen molar-refractivity contribution in [2.24, 2.45) is 5.10 Å². The van der Waals surface area contributed by atoms with E-state index in [-0.39, 0.29) is 11.5 Å². The summed E-state index contributed by atoms with van der Waals surface area (Å²) in [5, 5.41) is 4.60. The molecule has 0 aliphatic carbocycles. The van der Waals surface area contributed by atoms with Crippen LogP contribution in [0.3, 0.4) is 0 Å². The van der Waals surface area contributed by atoms with Crippen LogP contribution >= 0.6 is 11.6 Å². The molecule has 0 bridgehead atoms. The Morgan fingerprint density at radius 1 is 1.19 bits per heavy atom. The highest BCUT2D eigenvalue weighted by Gasteiger charge is 2.11. The lowest BCUT2D eigenvalue weighted by Gasteiger charge is -2.09. The highest BCUT2D eigenvalue weighted by molar-refractivity contribution is 7.89. The molecule has 0 atom stereocenters. The maximum Gasteiger partial charge on any atom is 0.277 e. The highest BCUT2D eigenvalue weighted by Crippen LogP contribution is 2.21. The average molecular weight is 410 g/mol. The Morgan fingerprint density at radius 3 is 2.44 bits per heavy atom. The zero-order valence-corrected chi connectivity index (χ0v) is 16.7. The molecule has 0 aliphatic heterocycles. The number of ether oxygens (including phenoxy) is 1. The van der Waals surface area contributed by atoms with E-state index in [9.17, 15) is 13.2 Å². The smallest absolute Gasteiger partial charge is 0.277 e. The van der Waals surface area contributed by atoms with E-state index < -0.39 is 15.9 Å². The summed E-state index contributed by atoms with van der Waals surface area (Å²) in [6, 6.07) is 11.3. The number of hydrazone groups is 1. The molecular formula is C18H20ClN3O4S. The molecule has 0 saturated carbocycles. The number of hydrogen-bond donors (Lipinski definition) is 2. The molecule has 27 heavy (non-hydrogen) atoms. The molecule has 2 aromatic carbocycles. The van der Waals surface area contributed by atoms with Crippen molar-refractivity contribution in [2.45, 2.75) is 18.7 Å². The van der Waals surface area contributed by atoms with Crippen molar-refractivity contribution in [3.05, 3.63) is 58.6 Å². The quantitative estimate of drug-likeness (QED) is 0.542. The summed E-state index contributed by atoms with van der Waals surface area (Å²) in [7, 11) is -2.14. The monoisotopic (exact) mass is 409 g/mol. The summed E-state index contributed by atoms with van der Waals surface area (Å²) >= 11 is 5.88. The summed E-state index contributed by atoms with van der Waals surface area (Å²) in [6.07, 6.45) is 0. The first-order valence-electron chi connectivity index (χ1n) is 7.99.